The van der Waals surface area contributed by atoms with Gasteiger partial charge in [-0.1, -0.05) is 0 Å². The number of piperazine rings is 1. The van der Waals surface area contributed by atoms with Gasteiger partial charge in [0.2, 0.25) is 5.91 Å². The maximum atomic E-state index is 12.4. The van der Waals surface area contributed by atoms with E-state index in [0.717, 1.165) is 0 Å². The van der Waals surface area contributed by atoms with Crippen LogP contribution in [0.1, 0.15) is 19.8 Å². The first-order chi connectivity index (χ1) is 9.30. The average Bonchev–Trinajstić information content (AvgIpc) is 2.71. The zero-order valence-corrected chi connectivity index (χ0v) is 11.3. The molecule has 2 saturated heterocycles. The molecule has 2 atom stereocenters. The molecule has 0 spiro atoms. The molecule has 2 aliphatic rings. The van der Waals surface area contributed by atoms with E-state index >= 15 is 0 Å². The van der Waals surface area contributed by atoms with Gasteiger partial charge in [0.1, 0.15) is 6.04 Å². The standard InChI is InChI=1S/C12H19N3O5/c1-12(20)2-4-14(7-12)11(19)15-5-3-13-10(18)8(15)6-9(16)17/h8,20H,2-7H2,1H3,(H,13,18)(H,16,17). The number of carboxylic acid groups (broad SMARTS) is 1. The van der Waals surface area contributed by atoms with Gasteiger partial charge in [0.15, 0.2) is 0 Å². The molecule has 0 bridgehead atoms. The van der Waals surface area contributed by atoms with Crippen LogP contribution in [0.25, 0.3) is 0 Å². The SMILES string of the molecule is CC1(O)CCN(C(=O)N2CCNC(=O)C2CC(=O)O)C1. The molecule has 0 aromatic rings. The Morgan fingerprint density at radius 3 is 2.70 bits per heavy atom. The first-order valence-corrected chi connectivity index (χ1v) is 6.57. The third kappa shape index (κ3) is 3.01. The summed E-state index contributed by atoms with van der Waals surface area (Å²) in [6.07, 6.45) is 0.0597. The van der Waals surface area contributed by atoms with Crippen molar-refractivity contribution in [3.63, 3.8) is 0 Å². The third-order valence-corrected chi connectivity index (χ3v) is 3.67. The molecular formula is C12H19N3O5. The molecule has 2 unspecified atom stereocenters. The number of nitrogens with one attached hydrogen (secondary N) is 1. The van der Waals surface area contributed by atoms with Gasteiger partial charge in [-0.3, -0.25) is 9.59 Å². The first-order valence-electron chi connectivity index (χ1n) is 6.57. The molecule has 2 fully saturated rings. The summed E-state index contributed by atoms with van der Waals surface area (Å²) in [6, 6.07) is -1.37. The number of carbonyl (C=O) groups is 3. The summed E-state index contributed by atoms with van der Waals surface area (Å²) >= 11 is 0. The van der Waals surface area contributed by atoms with Crippen molar-refractivity contribution >= 4 is 17.9 Å². The van der Waals surface area contributed by atoms with Gasteiger partial charge in [0, 0.05) is 19.6 Å². The van der Waals surface area contributed by atoms with E-state index in [0.29, 0.717) is 19.5 Å². The van der Waals surface area contributed by atoms with E-state index in [1.807, 2.05) is 0 Å². The lowest BCUT2D eigenvalue weighted by Gasteiger charge is -2.36. The topological polar surface area (TPSA) is 110 Å². The van der Waals surface area contributed by atoms with Crippen molar-refractivity contribution in [1.29, 1.82) is 0 Å². The predicted octanol–water partition coefficient (Wildman–Crippen LogP) is -1.16. The van der Waals surface area contributed by atoms with Crippen molar-refractivity contribution in [2.45, 2.75) is 31.4 Å². The van der Waals surface area contributed by atoms with Crippen LogP contribution < -0.4 is 5.32 Å². The number of β-amino-alcohol motifs (C(OH)–C–C–N with tert-alkyl or cyclic N) is 1. The summed E-state index contributed by atoms with van der Waals surface area (Å²) in [5.41, 5.74) is -0.921. The summed E-state index contributed by atoms with van der Waals surface area (Å²) in [5, 5.41) is 21.3. The number of carboxylic acids is 1. The highest BCUT2D eigenvalue weighted by molar-refractivity contribution is 5.91. The van der Waals surface area contributed by atoms with Crippen molar-refractivity contribution in [3.8, 4) is 0 Å². The maximum absolute atomic E-state index is 12.4. The minimum Gasteiger partial charge on any atom is -0.481 e. The Morgan fingerprint density at radius 1 is 1.45 bits per heavy atom. The second-order valence-corrected chi connectivity index (χ2v) is 5.55. The first kappa shape index (κ1) is 14.6. The van der Waals surface area contributed by atoms with Gasteiger partial charge < -0.3 is 25.3 Å². The van der Waals surface area contributed by atoms with Crippen molar-refractivity contribution in [2.24, 2.45) is 0 Å². The van der Waals surface area contributed by atoms with Crippen LogP contribution in [0.2, 0.25) is 0 Å². The molecule has 8 heteroatoms. The highest BCUT2D eigenvalue weighted by Crippen LogP contribution is 2.23. The number of aliphatic carboxylic acids is 1. The van der Waals surface area contributed by atoms with E-state index in [-0.39, 0.29) is 19.1 Å². The van der Waals surface area contributed by atoms with Crippen LogP contribution in [0.15, 0.2) is 0 Å². The molecular weight excluding hydrogens is 266 g/mol. The molecule has 3 amide bonds. The Balaban J connectivity index is 2.10. The van der Waals surface area contributed by atoms with Crippen LogP contribution in [0.4, 0.5) is 4.79 Å². The second kappa shape index (κ2) is 5.28. The van der Waals surface area contributed by atoms with E-state index in [9.17, 15) is 19.5 Å². The quantitative estimate of drug-likeness (QED) is 0.592. The number of likely N-dealkylation sites (tertiary alicyclic amines) is 1. The third-order valence-electron chi connectivity index (χ3n) is 3.67. The summed E-state index contributed by atoms with van der Waals surface area (Å²) in [5.74, 6) is -1.57. The Labute approximate surface area is 116 Å². The fourth-order valence-electron chi connectivity index (χ4n) is 2.60. The van der Waals surface area contributed by atoms with Gasteiger partial charge in [-0.15, -0.1) is 0 Å². The Bertz CT molecular complexity index is 437. The van der Waals surface area contributed by atoms with Crippen LogP contribution in [0.5, 0.6) is 0 Å². The van der Waals surface area contributed by atoms with Crippen molar-refractivity contribution in [2.75, 3.05) is 26.2 Å². The summed E-state index contributed by atoms with van der Waals surface area (Å²) in [7, 11) is 0. The molecule has 0 aromatic carbocycles. The zero-order valence-electron chi connectivity index (χ0n) is 11.3. The van der Waals surface area contributed by atoms with E-state index in [4.69, 9.17) is 5.11 Å². The minimum absolute atomic E-state index is 0.198. The molecule has 0 aromatic heterocycles. The molecule has 2 heterocycles. The monoisotopic (exact) mass is 285 g/mol. The zero-order chi connectivity index (χ0) is 14.9. The van der Waals surface area contributed by atoms with Crippen LogP contribution in [-0.4, -0.2) is 75.7 Å². The predicted molar refractivity (Wildman–Crippen MR) is 68.0 cm³/mol. The van der Waals surface area contributed by atoms with Crippen LogP contribution in [0, 0.1) is 0 Å². The largest absolute Gasteiger partial charge is 0.481 e. The highest BCUT2D eigenvalue weighted by atomic mass is 16.4. The summed E-state index contributed by atoms with van der Waals surface area (Å²) in [4.78, 5) is 37.7. The number of aliphatic hydroxyl groups is 1. The second-order valence-electron chi connectivity index (χ2n) is 5.55. The molecule has 2 rings (SSSR count). The number of hydrogen-bond donors (Lipinski definition) is 3. The molecule has 8 nitrogen and oxygen atoms in total. The van der Waals surface area contributed by atoms with Gasteiger partial charge in [0.25, 0.3) is 0 Å². The van der Waals surface area contributed by atoms with Crippen molar-refractivity contribution in [1.82, 2.24) is 15.1 Å². The lowest BCUT2D eigenvalue weighted by Crippen LogP contribution is -2.60. The summed E-state index contributed by atoms with van der Waals surface area (Å²) < 4.78 is 0. The van der Waals surface area contributed by atoms with Crippen LogP contribution >= 0.6 is 0 Å². The number of rotatable bonds is 2. The normalized spacial score (nSPS) is 30.3. The van der Waals surface area contributed by atoms with Gasteiger partial charge in [-0.2, -0.15) is 0 Å². The number of urea groups is 1. The number of hydrogen-bond acceptors (Lipinski definition) is 4. The molecule has 20 heavy (non-hydrogen) atoms. The minimum atomic E-state index is -1.13. The Morgan fingerprint density at radius 2 is 2.15 bits per heavy atom. The lowest BCUT2D eigenvalue weighted by molar-refractivity contribution is -0.142. The molecule has 0 radical (unpaired) electrons. The molecule has 0 saturated carbocycles. The summed E-state index contributed by atoms with van der Waals surface area (Å²) in [6.45, 7) is 2.84. The van der Waals surface area contributed by atoms with E-state index in [1.165, 1.54) is 9.80 Å². The molecule has 3 N–H and O–H groups in total. The van der Waals surface area contributed by atoms with Crippen LogP contribution in [-0.2, 0) is 9.59 Å². The molecule has 112 valence electrons. The van der Waals surface area contributed by atoms with E-state index in [2.05, 4.69) is 5.32 Å². The fourth-order valence-corrected chi connectivity index (χ4v) is 2.60. The van der Waals surface area contributed by atoms with Crippen molar-refractivity contribution < 1.29 is 24.6 Å². The number of nitrogens with zero attached hydrogens (tertiary/aromatic N) is 2. The van der Waals surface area contributed by atoms with Crippen LogP contribution in [0.3, 0.4) is 0 Å². The van der Waals surface area contributed by atoms with Gasteiger partial charge in [-0.05, 0) is 13.3 Å². The van der Waals surface area contributed by atoms with Gasteiger partial charge in [0.05, 0.1) is 18.6 Å². The molecule has 0 aliphatic carbocycles. The Hall–Kier alpha value is -1.83. The number of carbonyl (C=O) groups excluding carboxylic acids is 2. The lowest BCUT2D eigenvalue weighted by atomic mass is 10.1. The molecule has 2 aliphatic heterocycles. The number of amides is 3. The van der Waals surface area contributed by atoms with Crippen molar-refractivity contribution in [3.05, 3.63) is 0 Å². The Kier molecular flexibility index (Phi) is 3.85. The fraction of sp³-hybridized carbons (Fsp3) is 0.750. The smallest absolute Gasteiger partial charge is 0.320 e. The van der Waals surface area contributed by atoms with E-state index in [1.54, 1.807) is 6.92 Å². The maximum Gasteiger partial charge on any atom is 0.320 e. The van der Waals surface area contributed by atoms with E-state index < -0.39 is 29.9 Å². The van der Waals surface area contributed by atoms with Gasteiger partial charge >= 0.3 is 12.0 Å². The average molecular weight is 285 g/mol. The van der Waals surface area contributed by atoms with Gasteiger partial charge in [-0.25, -0.2) is 4.79 Å². The highest BCUT2D eigenvalue weighted by Gasteiger charge is 2.40.